The van der Waals surface area contributed by atoms with E-state index in [2.05, 4.69) is 32.9 Å². The van der Waals surface area contributed by atoms with Crippen molar-refractivity contribution in [3.8, 4) is 0 Å². The van der Waals surface area contributed by atoms with Gasteiger partial charge in [-0.1, -0.05) is 6.08 Å². The normalized spacial score (nSPS) is 11.6. The average molecular weight is 145 g/mol. The van der Waals surface area contributed by atoms with Crippen molar-refractivity contribution in [3.05, 3.63) is 12.2 Å². The predicted octanol–water partition coefficient (Wildman–Crippen LogP) is 2.22. The summed E-state index contributed by atoms with van der Waals surface area (Å²) in [5.74, 6) is 3.99. The second-order valence-corrected chi connectivity index (χ2v) is 4.64. The van der Waals surface area contributed by atoms with Crippen molar-refractivity contribution >= 4 is 10.9 Å². The summed E-state index contributed by atoms with van der Waals surface area (Å²) in [5.41, 5.74) is 0. The standard InChI is InChI=1S/C8H17S/c1-4-7-8-9(5-2)6-3/h4,7H,5-6,8H2,1-3H3/q+1/b7-4+. The summed E-state index contributed by atoms with van der Waals surface area (Å²) in [6, 6.07) is 0. The Bertz CT molecular complexity index is 72.6. The van der Waals surface area contributed by atoms with E-state index in [1.165, 1.54) is 17.3 Å². The molecule has 0 nitrogen and oxygen atoms in total. The SMILES string of the molecule is C/C=C/C[S+](CC)CC. The molecule has 54 valence electrons. The quantitative estimate of drug-likeness (QED) is 0.420. The van der Waals surface area contributed by atoms with Gasteiger partial charge in [0, 0.05) is 0 Å². The van der Waals surface area contributed by atoms with Gasteiger partial charge in [0.2, 0.25) is 0 Å². The second kappa shape index (κ2) is 6.21. The van der Waals surface area contributed by atoms with Crippen molar-refractivity contribution in [3.63, 3.8) is 0 Å². The molecule has 0 aliphatic heterocycles. The minimum atomic E-state index is 0.675. The Hall–Kier alpha value is 0.0900. The van der Waals surface area contributed by atoms with Crippen LogP contribution in [0.25, 0.3) is 0 Å². The largest absolute Gasteiger partial charge is 0.126 e. The minimum absolute atomic E-state index is 0.675. The first-order valence-corrected chi connectivity index (χ1v) is 5.33. The van der Waals surface area contributed by atoms with Crippen LogP contribution in [0, 0.1) is 0 Å². The highest BCUT2D eigenvalue weighted by atomic mass is 32.2. The molecule has 0 saturated carbocycles. The molecule has 0 spiro atoms. The maximum absolute atomic E-state index is 2.27. The molecule has 1 heteroatoms. The molecule has 0 rings (SSSR count). The monoisotopic (exact) mass is 145 g/mol. The Labute approximate surface area is 61.7 Å². The lowest BCUT2D eigenvalue weighted by atomic mass is 10.6. The fourth-order valence-corrected chi connectivity index (χ4v) is 2.02. The fraction of sp³-hybridized carbons (Fsp3) is 0.750. The van der Waals surface area contributed by atoms with Crippen LogP contribution in [0.5, 0.6) is 0 Å². The number of rotatable bonds is 4. The van der Waals surface area contributed by atoms with E-state index in [0.29, 0.717) is 10.9 Å². The molecule has 0 unspecified atom stereocenters. The highest BCUT2D eigenvalue weighted by molar-refractivity contribution is 7.96. The Morgan fingerprint density at radius 3 is 2.11 bits per heavy atom. The maximum Gasteiger partial charge on any atom is 0.126 e. The highest BCUT2D eigenvalue weighted by Gasteiger charge is 2.07. The summed E-state index contributed by atoms with van der Waals surface area (Å²) < 4.78 is 0. The van der Waals surface area contributed by atoms with Crippen LogP contribution in [0.15, 0.2) is 12.2 Å². The van der Waals surface area contributed by atoms with E-state index in [0.717, 1.165) is 0 Å². The molecule has 0 aromatic heterocycles. The van der Waals surface area contributed by atoms with Crippen LogP contribution in [-0.4, -0.2) is 17.3 Å². The van der Waals surface area contributed by atoms with E-state index in [-0.39, 0.29) is 0 Å². The van der Waals surface area contributed by atoms with Gasteiger partial charge >= 0.3 is 0 Å². The molecule has 0 saturated heterocycles. The van der Waals surface area contributed by atoms with Crippen LogP contribution in [0.3, 0.4) is 0 Å². The molecule has 0 aromatic rings. The second-order valence-electron chi connectivity index (χ2n) is 1.93. The van der Waals surface area contributed by atoms with Crippen molar-refractivity contribution in [2.45, 2.75) is 20.8 Å². The molecule has 0 amide bonds. The molecule has 0 bridgehead atoms. The van der Waals surface area contributed by atoms with Crippen molar-refractivity contribution in [1.29, 1.82) is 0 Å². The lowest BCUT2D eigenvalue weighted by molar-refractivity contribution is 1.41. The zero-order chi connectivity index (χ0) is 7.11. The van der Waals surface area contributed by atoms with Crippen LogP contribution in [-0.2, 0) is 10.9 Å². The first kappa shape index (κ1) is 9.09. The van der Waals surface area contributed by atoms with Crippen molar-refractivity contribution < 1.29 is 0 Å². The number of hydrogen-bond donors (Lipinski definition) is 0. The average Bonchev–Trinajstić information content (AvgIpc) is 1.91. The molecule has 0 fully saturated rings. The van der Waals surface area contributed by atoms with Gasteiger partial charge in [-0.15, -0.1) is 0 Å². The topological polar surface area (TPSA) is 0 Å². The summed E-state index contributed by atoms with van der Waals surface area (Å²) >= 11 is 0. The summed E-state index contributed by atoms with van der Waals surface area (Å²) in [4.78, 5) is 0. The fourth-order valence-electron chi connectivity index (χ4n) is 0.672. The Morgan fingerprint density at radius 2 is 1.78 bits per heavy atom. The van der Waals surface area contributed by atoms with E-state index in [9.17, 15) is 0 Å². The summed E-state index contributed by atoms with van der Waals surface area (Å²) in [5, 5.41) is 0. The van der Waals surface area contributed by atoms with E-state index < -0.39 is 0 Å². The van der Waals surface area contributed by atoms with Gasteiger partial charge in [-0.25, -0.2) is 0 Å². The predicted molar refractivity (Wildman–Crippen MR) is 48.1 cm³/mol. The molecule has 0 heterocycles. The van der Waals surface area contributed by atoms with Crippen LogP contribution < -0.4 is 0 Å². The third-order valence-electron chi connectivity index (χ3n) is 1.38. The van der Waals surface area contributed by atoms with Gasteiger partial charge in [-0.2, -0.15) is 0 Å². The van der Waals surface area contributed by atoms with Crippen LogP contribution in [0.1, 0.15) is 20.8 Å². The van der Waals surface area contributed by atoms with Gasteiger partial charge in [0.05, 0.1) is 0 Å². The van der Waals surface area contributed by atoms with Gasteiger partial charge in [-0.3, -0.25) is 0 Å². The number of hydrogen-bond acceptors (Lipinski definition) is 0. The third-order valence-corrected chi connectivity index (χ3v) is 3.68. The van der Waals surface area contributed by atoms with Crippen molar-refractivity contribution in [1.82, 2.24) is 0 Å². The summed E-state index contributed by atoms with van der Waals surface area (Å²) in [6.45, 7) is 6.64. The molecule has 0 N–H and O–H groups in total. The van der Waals surface area contributed by atoms with Gasteiger partial charge in [0.15, 0.2) is 0 Å². The zero-order valence-corrected chi connectivity index (χ0v) is 7.50. The molecular formula is C8H17S+. The van der Waals surface area contributed by atoms with Gasteiger partial charge < -0.3 is 0 Å². The molecular weight excluding hydrogens is 128 g/mol. The van der Waals surface area contributed by atoms with E-state index in [1.54, 1.807) is 0 Å². The van der Waals surface area contributed by atoms with E-state index in [4.69, 9.17) is 0 Å². The zero-order valence-electron chi connectivity index (χ0n) is 6.68. The number of allylic oxidation sites excluding steroid dienone is 1. The first-order valence-electron chi connectivity index (χ1n) is 3.60. The first-order chi connectivity index (χ1) is 4.35. The van der Waals surface area contributed by atoms with Gasteiger partial charge in [-0.05, 0) is 37.7 Å². The van der Waals surface area contributed by atoms with Crippen molar-refractivity contribution in [2.24, 2.45) is 0 Å². The summed E-state index contributed by atoms with van der Waals surface area (Å²) in [6.07, 6.45) is 4.42. The van der Waals surface area contributed by atoms with Crippen LogP contribution in [0.4, 0.5) is 0 Å². The lowest BCUT2D eigenvalue weighted by Gasteiger charge is -1.97. The smallest absolute Gasteiger partial charge is 0.0870 e. The van der Waals surface area contributed by atoms with Gasteiger partial charge in [0.25, 0.3) is 0 Å². The molecule has 0 aliphatic carbocycles. The maximum atomic E-state index is 2.27. The van der Waals surface area contributed by atoms with E-state index >= 15 is 0 Å². The molecule has 0 aliphatic rings. The Morgan fingerprint density at radius 1 is 1.22 bits per heavy atom. The highest BCUT2D eigenvalue weighted by Crippen LogP contribution is 1.95. The molecule has 0 atom stereocenters. The van der Waals surface area contributed by atoms with Crippen molar-refractivity contribution in [2.75, 3.05) is 17.3 Å². The molecule has 9 heavy (non-hydrogen) atoms. The molecule has 0 aromatic carbocycles. The van der Waals surface area contributed by atoms with Crippen LogP contribution >= 0.6 is 0 Å². The Kier molecular flexibility index (Phi) is 6.28. The van der Waals surface area contributed by atoms with Gasteiger partial charge in [0.1, 0.15) is 17.3 Å². The summed E-state index contributed by atoms with van der Waals surface area (Å²) in [7, 11) is 0.675. The third kappa shape index (κ3) is 4.58. The Balaban J connectivity index is 3.31. The van der Waals surface area contributed by atoms with E-state index in [1.807, 2.05) is 0 Å². The lowest BCUT2D eigenvalue weighted by Crippen LogP contribution is -2.10. The van der Waals surface area contributed by atoms with Crippen LogP contribution in [0.2, 0.25) is 0 Å². The minimum Gasteiger partial charge on any atom is -0.0870 e. The molecule has 0 radical (unpaired) electrons.